The SMILES string of the molecule is C=CC(C)(CCC)C(C(=O)OC)C(=O)OC. The van der Waals surface area contributed by atoms with Gasteiger partial charge in [0.25, 0.3) is 0 Å². The van der Waals surface area contributed by atoms with Crippen molar-refractivity contribution < 1.29 is 19.1 Å². The van der Waals surface area contributed by atoms with Gasteiger partial charge in [-0.2, -0.15) is 0 Å². The lowest BCUT2D eigenvalue weighted by molar-refractivity contribution is -0.163. The van der Waals surface area contributed by atoms with E-state index < -0.39 is 23.3 Å². The third kappa shape index (κ3) is 3.08. The number of carbonyl (C=O) groups is 2. The Morgan fingerprint density at radius 1 is 1.31 bits per heavy atom. The summed E-state index contributed by atoms with van der Waals surface area (Å²) in [6.07, 6.45) is 3.13. The van der Waals surface area contributed by atoms with E-state index in [2.05, 4.69) is 16.1 Å². The quantitative estimate of drug-likeness (QED) is 0.396. The maximum atomic E-state index is 11.6. The van der Waals surface area contributed by atoms with Crippen molar-refractivity contribution in [1.82, 2.24) is 0 Å². The highest BCUT2D eigenvalue weighted by atomic mass is 16.5. The molecular formula is C12H20O4. The van der Waals surface area contributed by atoms with Gasteiger partial charge in [-0.05, 0) is 6.42 Å². The molecule has 0 spiro atoms. The van der Waals surface area contributed by atoms with E-state index in [0.29, 0.717) is 6.42 Å². The highest BCUT2D eigenvalue weighted by Crippen LogP contribution is 2.35. The molecule has 0 fully saturated rings. The number of allylic oxidation sites excluding steroid dienone is 1. The summed E-state index contributed by atoms with van der Waals surface area (Å²) in [5.41, 5.74) is -0.630. The van der Waals surface area contributed by atoms with Gasteiger partial charge in [-0.1, -0.05) is 26.3 Å². The van der Waals surface area contributed by atoms with Crippen LogP contribution < -0.4 is 0 Å². The first-order chi connectivity index (χ1) is 7.46. The summed E-state index contributed by atoms with van der Waals surface area (Å²) >= 11 is 0. The lowest BCUT2D eigenvalue weighted by Gasteiger charge is -2.30. The molecule has 0 aliphatic heterocycles. The van der Waals surface area contributed by atoms with Crippen LogP contribution in [0, 0.1) is 11.3 Å². The first-order valence-corrected chi connectivity index (χ1v) is 5.26. The van der Waals surface area contributed by atoms with Gasteiger partial charge in [-0.15, -0.1) is 6.58 Å². The third-order valence-corrected chi connectivity index (χ3v) is 2.79. The molecule has 0 amide bonds. The number of hydrogen-bond donors (Lipinski definition) is 0. The van der Waals surface area contributed by atoms with Crippen molar-refractivity contribution in [3.8, 4) is 0 Å². The van der Waals surface area contributed by atoms with Crippen LogP contribution in [0.25, 0.3) is 0 Å². The topological polar surface area (TPSA) is 52.6 Å². The largest absolute Gasteiger partial charge is 0.468 e. The van der Waals surface area contributed by atoms with E-state index in [9.17, 15) is 9.59 Å². The van der Waals surface area contributed by atoms with E-state index in [0.717, 1.165) is 6.42 Å². The maximum absolute atomic E-state index is 11.6. The number of carbonyl (C=O) groups excluding carboxylic acids is 2. The summed E-state index contributed by atoms with van der Waals surface area (Å²) < 4.78 is 9.28. The molecule has 0 aliphatic rings. The molecule has 0 aliphatic carbocycles. The molecular weight excluding hydrogens is 208 g/mol. The van der Waals surface area contributed by atoms with Crippen LogP contribution in [0.4, 0.5) is 0 Å². The number of esters is 2. The minimum atomic E-state index is -0.944. The number of methoxy groups -OCH3 is 2. The minimum Gasteiger partial charge on any atom is -0.468 e. The monoisotopic (exact) mass is 228 g/mol. The van der Waals surface area contributed by atoms with Crippen molar-refractivity contribution >= 4 is 11.9 Å². The zero-order valence-corrected chi connectivity index (χ0v) is 10.4. The Bertz CT molecular complexity index is 256. The summed E-state index contributed by atoms with van der Waals surface area (Å²) in [7, 11) is 2.52. The maximum Gasteiger partial charge on any atom is 0.320 e. The van der Waals surface area contributed by atoms with E-state index in [1.165, 1.54) is 14.2 Å². The fraction of sp³-hybridized carbons (Fsp3) is 0.667. The second-order valence-corrected chi connectivity index (χ2v) is 3.94. The van der Waals surface area contributed by atoms with Crippen LogP contribution in [-0.2, 0) is 19.1 Å². The molecule has 0 saturated carbocycles. The standard InChI is InChI=1S/C12H20O4/c1-6-8-12(3,7-2)9(10(13)15-4)11(14)16-5/h7,9H,2,6,8H2,1,3-5H3. The second-order valence-electron chi connectivity index (χ2n) is 3.94. The van der Waals surface area contributed by atoms with Gasteiger partial charge in [-0.25, -0.2) is 0 Å². The zero-order chi connectivity index (χ0) is 12.8. The lowest BCUT2D eigenvalue weighted by atomic mass is 9.74. The van der Waals surface area contributed by atoms with E-state index in [-0.39, 0.29) is 0 Å². The van der Waals surface area contributed by atoms with Crippen LogP contribution in [0.2, 0.25) is 0 Å². The molecule has 0 aromatic heterocycles. The van der Waals surface area contributed by atoms with E-state index in [1.807, 2.05) is 13.8 Å². The van der Waals surface area contributed by atoms with Crippen molar-refractivity contribution in [2.75, 3.05) is 14.2 Å². The Labute approximate surface area is 96.6 Å². The van der Waals surface area contributed by atoms with E-state index in [4.69, 9.17) is 0 Å². The predicted molar refractivity (Wildman–Crippen MR) is 60.7 cm³/mol. The molecule has 1 atom stereocenters. The lowest BCUT2D eigenvalue weighted by Crippen LogP contribution is -2.39. The number of ether oxygens (including phenoxy) is 2. The Hall–Kier alpha value is -1.32. The van der Waals surface area contributed by atoms with E-state index >= 15 is 0 Å². The molecule has 0 aromatic rings. The van der Waals surface area contributed by atoms with Gasteiger partial charge in [0, 0.05) is 5.41 Å². The molecule has 0 aromatic carbocycles. The van der Waals surface area contributed by atoms with Crippen molar-refractivity contribution in [2.45, 2.75) is 26.7 Å². The first-order valence-electron chi connectivity index (χ1n) is 5.26. The molecule has 0 bridgehead atoms. The Balaban J connectivity index is 5.20. The van der Waals surface area contributed by atoms with Crippen molar-refractivity contribution in [2.24, 2.45) is 11.3 Å². The normalized spacial score (nSPS) is 14.1. The van der Waals surface area contributed by atoms with Crippen molar-refractivity contribution in [1.29, 1.82) is 0 Å². The fourth-order valence-electron chi connectivity index (χ4n) is 1.77. The smallest absolute Gasteiger partial charge is 0.320 e. The van der Waals surface area contributed by atoms with E-state index in [1.54, 1.807) is 6.08 Å². The molecule has 92 valence electrons. The van der Waals surface area contributed by atoms with Gasteiger partial charge in [0.1, 0.15) is 0 Å². The van der Waals surface area contributed by atoms with Gasteiger partial charge in [0.15, 0.2) is 5.92 Å². The van der Waals surface area contributed by atoms with Crippen molar-refractivity contribution in [3.63, 3.8) is 0 Å². The molecule has 1 unspecified atom stereocenters. The highest BCUT2D eigenvalue weighted by molar-refractivity contribution is 5.96. The summed E-state index contributed by atoms with van der Waals surface area (Å²) in [5, 5.41) is 0. The Morgan fingerprint density at radius 2 is 1.75 bits per heavy atom. The highest BCUT2D eigenvalue weighted by Gasteiger charge is 2.43. The molecule has 0 rings (SSSR count). The molecule has 16 heavy (non-hydrogen) atoms. The van der Waals surface area contributed by atoms with Crippen LogP contribution in [0.15, 0.2) is 12.7 Å². The summed E-state index contributed by atoms with van der Waals surface area (Å²) in [6, 6.07) is 0. The van der Waals surface area contributed by atoms with Crippen LogP contribution in [0.1, 0.15) is 26.7 Å². The summed E-state index contributed by atoms with van der Waals surface area (Å²) in [6.45, 7) is 7.48. The van der Waals surface area contributed by atoms with Gasteiger partial charge in [0.2, 0.25) is 0 Å². The molecule has 0 radical (unpaired) electrons. The molecule has 0 N–H and O–H groups in total. The average molecular weight is 228 g/mol. The molecule has 0 heterocycles. The molecule has 4 heteroatoms. The summed E-state index contributed by atoms with van der Waals surface area (Å²) in [4.78, 5) is 23.2. The van der Waals surface area contributed by atoms with Crippen molar-refractivity contribution in [3.05, 3.63) is 12.7 Å². The molecule has 0 saturated heterocycles. The van der Waals surface area contributed by atoms with Crippen LogP contribution >= 0.6 is 0 Å². The zero-order valence-electron chi connectivity index (χ0n) is 10.4. The van der Waals surface area contributed by atoms with Crippen LogP contribution in [0.3, 0.4) is 0 Å². The number of rotatable bonds is 6. The predicted octanol–water partition coefficient (Wildman–Crippen LogP) is 1.94. The van der Waals surface area contributed by atoms with Gasteiger partial charge >= 0.3 is 11.9 Å². The van der Waals surface area contributed by atoms with Gasteiger partial charge in [-0.3, -0.25) is 9.59 Å². The Morgan fingerprint density at radius 3 is 2.00 bits per heavy atom. The van der Waals surface area contributed by atoms with Crippen LogP contribution in [0.5, 0.6) is 0 Å². The van der Waals surface area contributed by atoms with Gasteiger partial charge in [0.05, 0.1) is 14.2 Å². The Kier molecular flexibility index (Phi) is 5.78. The minimum absolute atomic E-state index is 0.581. The third-order valence-electron chi connectivity index (χ3n) is 2.79. The second kappa shape index (κ2) is 6.30. The summed E-state index contributed by atoms with van der Waals surface area (Å²) in [5.74, 6) is -2.11. The fourth-order valence-corrected chi connectivity index (χ4v) is 1.77. The average Bonchev–Trinajstić information content (AvgIpc) is 2.28. The van der Waals surface area contributed by atoms with Gasteiger partial charge < -0.3 is 9.47 Å². The van der Waals surface area contributed by atoms with Crippen LogP contribution in [-0.4, -0.2) is 26.2 Å². The molecule has 4 nitrogen and oxygen atoms in total. The number of hydrogen-bond acceptors (Lipinski definition) is 4. The first kappa shape index (κ1) is 14.7.